The Morgan fingerprint density at radius 2 is 1.57 bits per heavy atom. The highest BCUT2D eigenvalue weighted by atomic mass is 32.2. The molecule has 162 valence electrons. The summed E-state index contributed by atoms with van der Waals surface area (Å²) in [6, 6.07) is 4.69. The molecule has 5 aliphatic rings. The lowest BCUT2D eigenvalue weighted by atomic mass is 9.54. The minimum Gasteiger partial charge on any atom is -0.478 e. The Hall–Kier alpha value is -1.93. The minimum atomic E-state index is -3.86. The van der Waals surface area contributed by atoms with E-state index < -0.39 is 22.0 Å². The van der Waals surface area contributed by atoms with E-state index in [1.165, 1.54) is 60.7 Å². The zero-order valence-corrected chi connectivity index (χ0v) is 17.7. The van der Waals surface area contributed by atoms with Crippen molar-refractivity contribution in [2.24, 2.45) is 23.7 Å². The number of nitrogens with one attached hydrogen (secondary N) is 1. The number of benzene rings is 1. The lowest BCUT2D eigenvalue weighted by molar-refractivity contribution is -0.128. The maximum atomic E-state index is 13.2. The number of hydrogen-bond donors (Lipinski definition) is 2. The van der Waals surface area contributed by atoms with E-state index in [0.29, 0.717) is 31.2 Å². The molecule has 1 aromatic carbocycles. The smallest absolute Gasteiger partial charge is 0.335 e. The van der Waals surface area contributed by atoms with Crippen LogP contribution in [0.25, 0.3) is 0 Å². The van der Waals surface area contributed by atoms with Crippen molar-refractivity contribution >= 4 is 21.9 Å². The van der Waals surface area contributed by atoms with E-state index in [4.69, 9.17) is 5.11 Å². The average molecular weight is 433 g/mol. The monoisotopic (exact) mass is 432 g/mol. The Bertz CT molecular complexity index is 930. The third kappa shape index (κ3) is 3.34. The molecule has 0 unspecified atom stereocenters. The van der Waals surface area contributed by atoms with Gasteiger partial charge in [0, 0.05) is 12.6 Å². The molecule has 0 radical (unpaired) electrons. The molecule has 1 amide bonds. The van der Waals surface area contributed by atoms with Gasteiger partial charge in [0.05, 0.1) is 10.5 Å². The topological polar surface area (TPSA) is 104 Å². The highest BCUT2D eigenvalue weighted by molar-refractivity contribution is 7.89. The summed E-state index contributed by atoms with van der Waals surface area (Å²) in [7, 11) is -3.86. The van der Waals surface area contributed by atoms with E-state index in [9.17, 15) is 18.0 Å². The standard InChI is InChI=1S/C22H28N2O5S/c25-21(23-20-16-9-13-8-14(11-16)12-17(20)10-13)19-2-1-7-24(19)30(28,29)18-5-3-15(4-6-18)22(26)27/h3-6,13-14,16-17,19-20H,1-2,7-12H2,(H,23,25)(H,26,27)/t13?,14?,16?,17?,19-,20?/m1/s1. The van der Waals surface area contributed by atoms with Gasteiger partial charge in [0.25, 0.3) is 0 Å². The van der Waals surface area contributed by atoms with Gasteiger partial charge >= 0.3 is 5.97 Å². The van der Waals surface area contributed by atoms with Gasteiger partial charge in [-0.3, -0.25) is 4.79 Å². The molecule has 1 aromatic rings. The normalized spacial score (nSPS) is 35.5. The van der Waals surface area contributed by atoms with Gasteiger partial charge in [-0.15, -0.1) is 0 Å². The molecule has 7 nitrogen and oxygen atoms in total. The molecule has 4 bridgehead atoms. The van der Waals surface area contributed by atoms with Gasteiger partial charge in [-0.1, -0.05) is 0 Å². The van der Waals surface area contributed by atoms with Crippen molar-refractivity contribution < 1.29 is 23.1 Å². The van der Waals surface area contributed by atoms with Crippen molar-refractivity contribution in [2.75, 3.05) is 6.54 Å². The number of carbonyl (C=O) groups excluding carboxylic acids is 1. The fourth-order valence-electron chi connectivity index (χ4n) is 6.62. The van der Waals surface area contributed by atoms with Crippen LogP contribution in [0.15, 0.2) is 29.2 Å². The van der Waals surface area contributed by atoms with Crippen molar-refractivity contribution in [1.29, 1.82) is 0 Å². The number of carbonyl (C=O) groups is 2. The largest absolute Gasteiger partial charge is 0.478 e. The summed E-state index contributed by atoms with van der Waals surface area (Å²) >= 11 is 0. The highest BCUT2D eigenvalue weighted by Gasteiger charge is 2.49. The molecule has 1 atom stereocenters. The van der Waals surface area contributed by atoms with Gasteiger partial charge < -0.3 is 10.4 Å². The second kappa shape index (κ2) is 7.34. The van der Waals surface area contributed by atoms with Crippen LogP contribution in [0.3, 0.4) is 0 Å². The summed E-state index contributed by atoms with van der Waals surface area (Å²) in [5.41, 5.74) is 0.0338. The third-order valence-electron chi connectivity index (χ3n) is 7.75. The van der Waals surface area contributed by atoms with Gasteiger partial charge in [-0.2, -0.15) is 4.31 Å². The molecule has 0 aromatic heterocycles. The number of nitrogens with zero attached hydrogens (tertiary/aromatic N) is 1. The van der Waals surface area contributed by atoms with Crippen LogP contribution in [0.4, 0.5) is 0 Å². The summed E-state index contributed by atoms with van der Waals surface area (Å²) in [6.45, 7) is 0.308. The lowest BCUT2D eigenvalue weighted by Gasteiger charge is -2.54. The molecule has 2 N–H and O–H groups in total. The van der Waals surface area contributed by atoms with E-state index >= 15 is 0 Å². The Labute approximate surface area is 176 Å². The van der Waals surface area contributed by atoms with E-state index in [1.54, 1.807) is 0 Å². The first-order valence-corrected chi connectivity index (χ1v) is 12.4. The maximum absolute atomic E-state index is 13.2. The van der Waals surface area contributed by atoms with Crippen LogP contribution in [-0.4, -0.2) is 48.3 Å². The van der Waals surface area contributed by atoms with Crippen LogP contribution in [0, 0.1) is 23.7 Å². The number of aromatic carboxylic acids is 1. The summed E-state index contributed by atoms with van der Waals surface area (Å²) in [5, 5.41) is 12.3. The van der Waals surface area contributed by atoms with Gasteiger partial charge in [0.1, 0.15) is 6.04 Å². The minimum absolute atomic E-state index is 0.0295. The van der Waals surface area contributed by atoms with Crippen molar-refractivity contribution in [3.8, 4) is 0 Å². The Morgan fingerprint density at radius 1 is 0.967 bits per heavy atom. The number of carboxylic acids is 1. The first-order chi connectivity index (χ1) is 14.3. The summed E-state index contributed by atoms with van der Waals surface area (Å²) in [5.74, 6) is 1.44. The van der Waals surface area contributed by atoms with Crippen molar-refractivity contribution in [3.63, 3.8) is 0 Å². The van der Waals surface area contributed by atoms with Crippen LogP contribution < -0.4 is 5.32 Å². The average Bonchev–Trinajstić information content (AvgIpc) is 3.21. The third-order valence-corrected chi connectivity index (χ3v) is 9.67. The molecule has 1 aliphatic heterocycles. The molecule has 1 heterocycles. The highest BCUT2D eigenvalue weighted by Crippen LogP contribution is 2.53. The lowest BCUT2D eigenvalue weighted by Crippen LogP contribution is -2.58. The second-order valence-corrected chi connectivity index (χ2v) is 11.5. The van der Waals surface area contributed by atoms with Crippen LogP contribution in [0.2, 0.25) is 0 Å². The molecule has 1 saturated heterocycles. The van der Waals surface area contributed by atoms with Crippen molar-refractivity contribution in [2.45, 2.75) is 61.9 Å². The van der Waals surface area contributed by atoms with E-state index in [0.717, 1.165) is 11.8 Å². The Kier molecular flexibility index (Phi) is 4.89. The van der Waals surface area contributed by atoms with Crippen LogP contribution >= 0.6 is 0 Å². The zero-order valence-electron chi connectivity index (χ0n) is 16.9. The number of hydrogen-bond acceptors (Lipinski definition) is 4. The molecule has 6 rings (SSSR count). The molecule has 4 saturated carbocycles. The molecule has 4 aliphatic carbocycles. The number of rotatable bonds is 5. The van der Waals surface area contributed by atoms with E-state index in [1.807, 2.05) is 0 Å². The molecule has 5 fully saturated rings. The number of sulfonamides is 1. The fourth-order valence-corrected chi connectivity index (χ4v) is 8.27. The SMILES string of the molecule is O=C(O)c1ccc(S(=O)(=O)N2CCC[C@@H]2C(=O)NC2C3CC4CC(C3)CC2C4)cc1. The van der Waals surface area contributed by atoms with E-state index in [2.05, 4.69) is 5.32 Å². The molecular weight excluding hydrogens is 404 g/mol. The molecule has 0 spiro atoms. The summed E-state index contributed by atoms with van der Waals surface area (Å²) in [6.07, 6.45) is 7.29. The van der Waals surface area contributed by atoms with Gasteiger partial charge in [0.15, 0.2) is 0 Å². The van der Waals surface area contributed by atoms with Crippen LogP contribution in [-0.2, 0) is 14.8 Å². The fraction of sp³-hybridized carbons (Fsp3) is 0.636. The van der Waals surface area contributed by atoms with Crippen molar-refractivity contribution in [3.05, 3.63) is 29.8 Å². The maximum Gasteiger partial charge on any atom is 0.335 e. The predicted molar refractivity (Wildman–Crippen MR) is 109 cm³/mol. The van der Waals surface area contributed by atoms with Gasteiger partial charge in [0.2, 0.25) is 15.9 Å². The predicted octanol–water partition coefficient (Wildman–Crippen LogP) is 2.48. The zero-order chi connectivity index (χ0) is 21.0. The summed E-state index contributed by atoms with van der Waals surface area (Å²) < 4.78 is 27.6. The van der Waals surface area contributed by atoms with Crippen LogP contribution in [0.1, 0.15) is 55.3 Å². The first kappa shape index (κ1) is 20.0. The first-order valence-electron chi connectivity index (χ1n) is 11.0. The van der Waals surface area contributed by atoms with Crippen molar-refractivity contribution in [1.82, 2.24) is 9.62 Å². The second-order valence-electron chi connectivity index (χ2n) is 9.57. The molecular formula is C22H28N2O5S. The summed E-state index contributed by atoms with van der Waals surface area (Å²) in [4.78, 5) is 24.2. The number of amides is 1. The van der Waals surface area contributed by atoms with Gasteiger partial charge in [-0.25, -0.2) is 13.2 Å². The Balaban J connectivity index is 1.32. The molecule has 8 heteroatoms. The quantitative estimate of drug-likeness (QED) is 0.744. The Morgan fingerprint density at radius 3 is 2.13 bits per heavy atom. The number of carboxylic acid groups (broad SMARTS) is 1. The molecule has 30 heavy (non-hydrogen) atoms. The van der Waals surface area contributed by atoms with Crippen LogP contribution in [0.5, 0.6) is 0 Å². The van der Waals surface area contributed by atoms with Gasteiger partial charge in [-0.05, 0) is 92.9 Å². The van der Waals surface area contributed by atoms with E-state index in [-0.39, 0.29) is 22.4 Å².